The number of carbonyl (C=O) groups excluding carboxylic acids is 1. The molecule has 0 fully saturated rings. The van der Waals surface area contributed by atoms with Crippen molar-refractivity contribution in [1.29, 1.82) is 0 Å². The van der Waals surface area contributed by atoms with Gasteiger partial charge in [0, 0.05) is 4.90 Å². The first kappa shape index (κ1) is 15.4. The zero-order valence-electron chi connectivity index (χ0n) is 12.3. The van der Waals surface area contributed by atoms with E-state index in [0.29, 0.717) is 17.0 Å². The molecular weight excluding hydrogens is 282 g/mol. The van der Waals surface area contributed by atoms with Crippen LogP contribution in [0.3, 0.4) is 0 Å². The van der Waals surface area contributed by atoms with Crippen molar-refractivity contribution in [3.05, 3.63) is 54.1 Å². The molecule has 2 aromatic carbocycles. The average Bonchev–Trinajstić information content (AvgIpc) is 2.53. The third-order valence-corrected chi connectivity index (χ3v) is 4.23. The summed E-state index contributed by atoms with van der Waals surface area (Å²) in [5, 5.41) is 2.92. The molecule has 0 radical (unpaired) electrons. The van der Waals surface area contributed by atoms with E-state index in [2.05, 4.69) is 12.2 Å². The number of amides is 1. The van der Waals surface area contributed by atoms with Gasteiger partial charge in [0.25, 0.3) is 5.91 Å². The molecule has 0 unspecified atom stereocenters. The third-order valence-electron chi connectivity index (χ3n) is 2.95. The number of thioether (sulfide) groups is 1. The predicted octanol–water partition coefficient (Wildman–Crippen LogP) is 4.45. The van der Waals surface area contributed by atoms with Crippen LogP contribution in [-0.2, 0) is 0 Å². The van der Waals surface area contributed by atoms with E-state index in [9.17, 15) is 4.79 Å². The van der Waals surface area contributed by atoms with Gasteiger partial charge in [0.2, 0.25) is 0 Å². The Kier molecular flexibility index (Phi) is 5.69. The smallest absolute Gasteiger partial charge is 0.256 e. The summed E-state index contributed by atoms with van der Waals surface area (Å²) in [6, 6.07) is 15.1. The Labute approximate surface area is 129 Å². The Morgan fingerprint density at radius 1 is 1.14 bits per heavy atom. The largest absolute Gasteiger partial charge is 0.495 e. The Morgan fingerprint density at radius 2 is 1.86 bits per heavy atom. The fourth-order valence-electron chi connectivity index (χ4n) is 1.93. The lowest BCUT2D eigenvalue weighted by atomic mass is 10.2. The number of nitrogens with one attached hydrogen (secondary N) is 1. The summed E-state index contributed by atoms with van der Waals surface area (Å²) in [4.78, 5) is 13.5. The van der Waals surface area contributed by atoms with Crippen LogP contribution in [0.2, 0.25) is 0 Å². The first-order chi connectivity index (χ1) is 10.3. The fourth-order valence-corrected chi connectivity index (χ4v) is 2.84. The monoisotopic (exact) mass is 301 g/mol. The van der Waals surface area contributed by atoms with E-state index in [1.54, 1.807) is 18.9 Å². The van der Waals surface area contributed by atoms with E-state index in [4.69, 9.17) is 4.74 Å². The molecule has 1 N–H and O–H groups in total. The van der Waals surface area contributed by atoms with Crippen molar-refractivity contribution in [1.82, 2.24) is 0 Å². The van der Waals surface area contributed by atoms with Gasteiger partial charge in [-0.25, -0.2) is 0 Å². The van der Waals surface area contributed by atoms with Crippen LogP contribution >= 0.6 is 11.8 Å². The first-order valence-corrected chi connectivity index (χ1v) is 7.91. The van der Waals surface area contributed by atoms with Crippen LogP contribution in [0, 0.1) is 0 Å². The summed E-state index contributed by atoms with van der Waals surface area (Å²) >= 11 is 1.70. The summed E-state index contributed by atoms with van der Waals surface area (Å²) in [6.07, 6.45) is 1.08. The summed E-state index contributed by atoms with van der Waals surface area (Å²) in [5.41, 5.74) is 1.38. The maximum atomic E-state index is 12.5. The van der Waals surface area contributed by atoms with E-state index in [1.807, 2.05) is 48.5 Å². The lowest BCUT2D eigenvalue weighted by molar-refractivity contribution is 0.102. The van der Waals surface area contributed by atoms with Crippen molar-refractivity contribution in [3.63, 3.8) is 0 Å². The highest BCUT2D eigenvalue weighted by Gasteiger charge is 2.13. The number of ether oxygens (including phenoxy) is 1. The molecule has 0 aromatic heterocycles. The number of hydrogen-bond donors (Lipinski definition) is 1. The topological polar surface area (TPSA) is 38.3 Å². The first-order valence-electron chi connectivity index (χ1n) is 6.92. The predicted molar refractivity (Wildman–Crippen MR) is 88.4 cm³/mol. The van der Waals surface area contributed by atoms with E-state index in [0.717, 1.165) is 17.1 Å². The second kappa shape index (κ2) is 7.74. The van der Waals surface area contributed by atoms with Crippen LogP contribution in [0.1, 0.15) is 23.7 Å². The van der Waals surface area contributed by atoms with Gasteiger partial charge in [0.1, 0.15) is 5.75 Å². The van der Waals surface area contributed by atoms with Crippen LogP contribution in [0.25, 0.3) is 0 Å². The molecule has 2 aromatic rings. The van der Waals surface area contributed by atoms with Crippen LogP contribution in [0.5, 0.6) is 5.75 Å². The Hall–Kier alpha value is -1.94. The Bertz CT molecular complexity index is 613. The molecule has 110 valence electrons. The van der Waals surface area contributed by atoms with Crippen molar-refractivity contribution in [2.24, 2.45) is 0 Å². The fraction of sp³-hybridized carbons (Fsp3) is 0.235. The van der Waals surface area contributed by atoms with Crippen LogP contribution in [-0.4, -0.2) is 18.8 Å². The third kappa shape index (κ3) is 4.02. The molecule has 0 aliphatic heterocycles. The average molecular weight is 301 g/mol. The highest BCUT2D eigenvalue weighted by atomic mass is 32.2. The Balaban J connectivity index is 2.20. The maximum Gasteiger partial charge on any atom is 0.256 e. The molecule has 0 atom stereocenters. The summed E-state index contributed by atoms with van der Waals surface area (Å²) in [6.45, 7) is 2.13. The molecule has 0 bridgehead atoms. The number of hydrogen-bond acceptors (Lipinski definition) is 3. The minimum Gasteiger partial charge on any atom is -0.495 e. The number of rotatable bonds is 6. The summed E-state index contributed by atoms with van der Waals surface area (Å²) in [7, 11) is 1.59. The van der Waals surface area contributed by atoms with Crippen molar-refractivity contribution in [2.75, 3.05) is 18.2 Å². The zero-order chi connectivity index (χ0) is 15.1. The highest BCUT2D eigenvalue weighted by Crippen LogP contribution is 2.27. The van der Waals surface area contributed by atoms with E-state index < -0.39 is 0 Å². The second-order valence-corrected chi connectivity index (χ2v) is 5.64. The molecule has 0 spiro atoms. The molecule has 2 rings (SSSR count). The van der Waals surface area contributed by atoms with Gasteiger partial charge in [-0.1, -0.05) is 31.2 Å². The zero-order valence-corrected chi connectivity index (χ0v) is 13.1. The van der Waals surface area contributed by atoms with E-state index in [-0.39, 0.29) is 5.91 Å². The SMILES string of the molecule is CCCSc1ccccc1C(=O)Nc1ccccc1OC. The molecule has 3 nitrogen and oxygen atoms in total. The van der Waals surface area contributed by atoms with Gasteiger partial charge in [-0.3, -0.25) is 4.79 Å². The summed E-state index contributed by atoms with van der Waals surface area (Å²) in [5.74, 6) is 1.54. The second-order valence-electron chi connectivity index (χ2n) is 4.50. The lowest BCUT2D eigenvalue weighted by Gasteiger charge is -2.12. The van der Waals surface area contributed by atoms with Crippen molar-refractivity contribution < 1.29 is 9.53 Å². The molecule has 21 heavy (non-hydrogen) atoms. The van der Waals surface area contributed by atoms with Gasteiger partial charge in [0.15, 0.2) is 0 Å². The van der Waals surface area contributed by atoms with Crippen molar-refractivity contribution in [2.45, 2.75) is 18.2 Å². The highest BCUT2D eigenvalue weighted by molar-refractivity contribution is 7.99. The number of anilines is 1. The van der Waals surface area contributed by atoms with Gasteiger partial charge < -0.3 is 10.1 Å². The number of carbonyl (C=O) groups is 1. The molecule has 0 aliphatic carbocycles. The standard InChI is InChI=1S/C17H19NO2S/c1-3-12-21-16-11-7-4-8-13(16)17(19)18-14-9-5-6-10-15(14)20-2/h4-11H,3,12H2,1-2H3,(H,18,19). The normalized spacial score (nSPS) is 10.2. The minimum absolute atomic E-state index is 0.112. The Morgan fingerprint density at radius 3 is 2.62 bits per heavy atom. The number of para-hydroxylation sites is 2. The molecule has 0 aliphatic rings. The number of benzene rings is 2. The van der Waals surface area contributed by atoms with Crippen LogP contribution in [0.4, 0.5) is 5.69 Å². The quantitative estimate of drug-likeness (QED) is 0.801. The summed E-state index contributed by atoms with van der Waals surface area (Å²) < 4.78 is 5.26. The van der Waals surface area contributed by atoms with Gasteiger partial charge in [-0.15, -0.1) is 11.8 Å². The van der Waals surface area contributed by atoms with Crippen molar-refractivity contribution in [3.8, 4) is 5.75 Å². The minimum atomic E-state index is -0.112. The molecular formula is C17H19NO2S. The molecule has 4 heteroatoms. The lowest BCUT2D eigenvalue weighted by Crippen LogP contribution is -2.13. The van der Waals surface area contributed by atoms with E-state index >= 15 is 0 Å². The van der Waals surface area contributed by atoms with Gasteiger partial charge in [0.05, 0.1) is 18.4 Å². The van der Waals surface area contributed by atoms with Gasteiger partial charge >= 0.3 is 0 Å². The van der Waals surface area contributed by atoms with E-state index in [1.165, 1.54) is 0 Å². The van der Waals surface area contributed by atoms with Crippen molar-refractivity contribution >= 4 is 23.4 Å². The molecule has 0 saturated heterocycles. The molecule has 1 amide bonds. The van der Waals surface area contributed by atoms with Gasteiger partial charge in [-0.05, 0) is 36.4 Å². The van der Waals surface area contributed by atoms with Crippen LogP contribution in [0.15, 0.2) is 53.4 Å². The molecule has 0 heterocycles. The van der Waals surface area contributed by atoms with Crippen LogP contribution < -0.4 is 10.1 Å². The maximum absolute atomic E-state index is 12.5. The molecule has 0 saturated carbocycles. The van der Waals surface area contributed by atoms with Gasteiger partial charge in [-0.2, -0.15) is 0 Å². The number of methoxy groups -OCH3 is 1.